The highest BCUT2D eigenvalue weighted by Crippen LogP contribution is 2.21. The minimum absolute atomic E-state index is 0.0886. The molecule has 0 aliphatic carbocycles. The lowest BCUT2D eigenvalue weighted by Gasteiger charge is -2.35. The first-order chi connectivity index (χ1) is 12.7. The van der Waals surface area contributed by atoms with E-state index < -0.39 is 0 Å². The Hall–Kier alpha value is -2.72. The second-order valence-electron chi connectivity index (χ2n) is 6.72. The molecule has 3 aromatic carbocycles. The standard InChI is InChI=1S/C22H21FN2O/c23-20-9-4-7-18(15-20)22(26)25-13-11-24(12-14-25)16-19-8-3-6-17-5-1-2-10-21(17)19/h1-10,15H,11-14,16H2. The highest BCUT2D eigenvalue weighted by molar-refractivity contribution is 5.94. The van der Waals surface area contributed by atoms with E-state index in [2.05, 4.69) is 47.4 Å². The van der Waals surface area contributed by atoms with Crippen molar-refractivity contribution in [3.8, 4) is 0 Å². The fourth-order valence-corrected chi connectivity index (χ4v) is 3.58. The van der Waals surface area contributed by atoms with E-state index in [0.29, 0.717) is 18.7 Å². The van der Waals surface area contributed by atoms with Crippen LogP contribution in [0.3, 0.4) is 0 Å². The van der Waals surface area contributed by atoms with Gasteiger partial charge in [-0.1, -0.05) is 48.5 Å². The molecule has 0 bridgehead atoms. The van der Waals surface area contributed by atoms with Gasteiger partial charge in [0.25, 0.3) is 5.91 Å². The van der Waals surface area contributed by atoms with Gasteiger partial charge in [-0.05, 0) is 34.5 Å². The molecule has 3 aromatic rings. The van der Waals surface area contributed by atoms with Crippen LogP contribution in [0, 0.1) is 5.82 Å². The Kier molecular flexibility index (Phi) is 4.67. The van der Waals surface area contributed by atoms with Gasteiger partial charge in [0.2, 0.25) is 0 Å². The number of halogens is 1. The van der Waals surface area contributed by atoms with Crippen molar-refractivity contribution in [2.75, 3.05) is 26.2 Å². The molecular weight excluding hydrogens is 327 g/mol. The van der Waals surface area contributed by atoms with Gasteiger partial charge < -0.3 is 4.90 Å². The summed E-state index contributed by atoms with van der Waals surface area (Å²) < 4.78 is 13.3. The van der Waals surface area contributed by atoms with Crippen molar-refractivity contribution in [2.24, 2.45) is 0 Å². The van der Waals surface area contributed by atoms with Crippen LogP contribution in [0.25, 0.3) is 10.8 Å². The zero-order valence-corrected chi connectivity index (χ0v) is 14.6. The minimum atomic E-state index is -0.370. The van der Waals surface area contributed by atoms with Gasteiger partial charge in [-0.25, -0.2) is 4.39 Å². The number of amides is 1. The van der Waals surface area contributed by atoms with E-state index in [1.165, 1.54) is 28.5 Å². The van der Waals surface area contributed by atoms with Crippen molar-refractivity contribution >= 4 is 16.7 Å². The van der Waals surface area contributed by atoms with Crippen LogP contribution in [0.5, 0.6) is 0 Å². The average Bonchev–Trinajstić information content (AvgIpc) is 2.68. The molecule has 0 spiro atoms. The van der Waals surface area contributed by atoms with Gasteiger partial charge in [-0.2, -0.15) is 0 Å². The maximum atomic E-state index is 13.3. The van der Waals surface area contributed by atoms with E-state index >= 15 is 0 Å². The van der Waals surface area contributed by atoms with Crippen LogP contribution >= 0.6 is 0 Å². The molecule has 0 aromatic heterocycles. The van der Waals surface area contributed by atoms with E-state index in [4.69, 9.17) is 0 Å². The van der Waals surface area contributed by atoms with E-state index in [9.17, 15) is 9.18 Å². The molecule has 0 atom stereocenters. The first kappa shape index (κ1) is 16.7. The average molecular weight is 348 g/mol. The zero-order chi connectivity index (χ0) is 17.9. The van der Waals surface area contributed by atoms with Crippen molar-refractivity contribution in [2.45, 2.75) is 6.54 Å². The van der Waals surface area contributed by atoms with Gasteiger partial charge in [-0.15, -0.1) is 0 Å². The molecule has 4 rings (SSSR count). The summed E-state index contributed by atoms with van der Waals surface area (Å²) in [4.78, 5) is 16.7. The first-order valence-corrected chi connectivity index (χ1v) is 8.94. The molecule has 1 saturated heterocycles. The van der Waals surface area contributed by atoms with Gasteiger partial charge >= 0.3 is 0 Å². The number of benzene rings is 3. The topological polar surface area (TPSA) is 23.6 Å². The molecule has 1 amide bonds. The lowest BCUT2D eigenvalue weighted by atomic mass is 10.0. The Balaban J connectivity index is 1.41. The third-order valence-electron chi connectivity index (χ3n) is 5.00. The second kappa shape index (κ2) is 7.26. The Morgan fingerprint density at radius 3 is 2.42 bits per heavy atom. The van der Waals surface area contributed by atoms with Crippen LogP contribution in [-0.4, -0.2) is 41.9 Å². The minimum Gasteiger partial charge on any atom is -0.336 e. The van der Waals surface area contributed by atoms with E-state index in [0.717, 1.165) is 19.6 Å². The molecule has 26 heavy (non-hydrogen) atoms. The lowest BCUT2D eigenvalue weighted by molar-refractivity contribution is 0.0628. The van der Waals surface area contributed by atoms with E-state index in [-0.39, 0.29) is 11.7 Å². The highest BCUT2D eigenvalue weighted by atomic mass is 19.1. The van der Waals surface area contributed by atoms with Crippen molar-refractivity contribution in [3.63, 3.8) is 0 Å². The maximum Gasteiger partial charge on any atom is 0.254 e. The molecule has 1 heterocycles. The molecule has 1 aliphatic rings. The van der Waals surface area contributed by atoms with Gasteiger partial charge in [0.15, 0.2) is 0 Å². The lowest BCUT2D eigenvalue weighted by Crippen LogP contribution is -2.48. The Bertz CT molecular complexity index is 927. The van der Waals surface area contributed by atoms with Gasteiger partial charge in [-0.3, -0.25) is 9.69 Å². The van der Waals surface area contributed by atoms with Crippen molar-refractivity contribution < 1.29 is 9.18 Å². The summed E-state index contributed by atoms with van der Waals surface area (Å²) in [6.45, 7) is 3.86. The van der Waals surface area contributed by atoms with Crippen LogP contribution < -0.4 is 0 Å². The summed E-state index contributed by atoms with van der Waals surface area (Å²) in [6.07, 6.45) is 0. The summed E-state index contributed by atoms with van der Waals surface area (Å²) in [5.41, 5.74) is 1.74. The number of carbonyl (C=O) groups is 1. The first-order valence-electron chi connectivity index (χ1n) is 8.94. The number of hydrogen-bond acceptors (Lipinski definition) is 2. The normalized spacial score (nSPS) is 15.3. The monoisotopic (exact) mass is 348 g/mol. The summed E-state index contributed by atoms with van der Waals surface area (Å²) in [6, 6.07) is 20.8. The van der Waals surface area contributed by atoms with E-state index in [1.54, 1.807) is 12.1 Å². The highest BCUT2D eigenvalue weighted by Gasteiger charge is 2.22. The fraction of sp³-hybridized carbons (Fsp3) is 0.227. The predicted molar refractivity (Wildman–Crippen MR) is 102 cm³/mol. The van der Waals surface area contributed by atoms with Crippen molar-refractivity contribution in [3.05, 3.63) is 83.7 Å². The molecule has 1 fully saturated rings. The smallest absolute Gasteiger partial charge is 0.254 e. The molecule has 0 saturated carbocycles. The molecule has 0 N–H and O–H groups in total. The molecule has 0 unspecified atom stereocenters. The second-order valence-corrected chi connectivity index (χ2v) is 6.72. The van der Waals surface area contributed by atoms with Crippen LogP contribution in [-0.2, 0) is 6.54 Å². The quantitative estimate of drug-likeness (QED) is 0.716. The van der Waals surface area contributed by atoms with Crippen LogP contribution in [0.2, 0.25) is 0 Å². The Labute approximate surface area is 152 Å². The largest absolute Gasteiger partial charge is 0.336 e. The molecule has 132 valence electrons. The van der Waals surface area contributed by atoms with Crippen molar-refractivity contribution in [1.29, 1.82) is 0 Å². The molecule has 3 nitrogen and oxygen atoms in total. The van der Waals surface area contributed by atoms with Crippen LogP contribution in [0.15, 0.2) is 66.7 Å². The number of piperazine rings is 1. The molecule has 0 radical (unpaired) electrons. The molecule has 4 heteroatoms. The van der Waals surface area contributed by atoms with E-state index in [1.807, 2.05) is 4.90 Å². The number of nitrogens with zero attached hydrogens (tertiary/aromatic N) is 2. The molecular formula is C22H21FN2O. The summed E-state index contributed by atoms with van der Waals surface area (Å²) >= 11 is 0. The Morgan fingerprint density at radius 1 is 0.885 bits per heavy atom. The summed E-state index contributed by atoms with van der Waals surface area (Å²) in [5.74, 6) is -0.459. The maximum absolute atomic E-state index is 13.3. The van der Waals surface area contributed by atoms with Crippen LogP contribution in [0.4, 0.5) is 4.39 Å². The van der Waals surface area contributed by atoms with Gasteiger partial charge in [0.1, 0.15) is 5.82 Å². The van der Waals surface area contributed by atoms with Crippen LogP contribution in [0.1, 0.15) is 15.9 Å². The summed E-state index contributed by atoms with van der Waals surface area (Å²) in [5, 5.41) is 2.54. The predicted octanol–water partition coefficient (Wildman–Crippen LogP) is 3.94. The number of carbonyl (C=O) groups excluding carboxylic acids is 1. The number of rotatable bonds is 3. The van der Waals surface area contributed by atoms with Crippen molar-refractivity contribution in [1.82, 2.24) is 9.80 Å². The Morgan fingerprint density at radius 2 is 1.62 bits per heavy atom. The third kappa shape index (κ3) is 3.46. The third-order valence-corrected chi connectivity index (χ3v) is 5.00. The molecule has 1 aliphatic heterocycles. The summed E-state index contributed by atoms with van der Waals surface area (Å²) in [7, 11) is 0. The fourth-order valence-electron chi connectivity index (χ4n) is 3.58. The number of hydrogen-bond donors (Lipinski definition) is 0. The van der Waals surface area contributed by atoms with Gasteiger partial charge in [0, 0.05) is 38.3 Å². The zero-order valence-electron chi connectivity index (χ0n) is 14.6. The van der Waals surface area contributed by atoms with Gasteiger partial charge in [0.05, 0.1) is 0 Å². The number of fused-ring (bicyclic) bond motifs is 1. The SMILES string of the molecule is O=C(c1cccc(F)c1)N1CCN(Cc2cccc3ccccc23)CC1.